The molecule has 1 saturated heterocycles. The van der Waals surface area contributed by atoms with Crippen LogP contribution in [0.5, 0.6) is 5.75 Å². The molecule has 0 aliphatic carbocycles. The molecule has 2 aromatic carbocycles. The summed E-state index contributed by atoms with van der Waals surface area (Å²) < 4.78 is 24.9. The van der Waals surface area contributed by atoms with Gasteiger partial charge >= 0.3 is 0 Å². The Kier molecular flexibility index (Phi) is 5.43. The highest BCUT2D eigenvalue weighted by Gasteiger charge is 2.19. The molecule has 1 aromatic heterocycles. The first-order valence-corrected chi connectivity index (χ1v) is 9.94. The molecule has 8 heteroatoms. The van der Waals surface area contributed by atoms with Crippen LogP contribution in [0.2, 0.25) is 5.02 Å². The predicted octanol–water partition coefficient (Wildman–Crippen LogP) is 5.23. The Labute approximate surface area is 169 Å². The topological polar surface area (TPSA) is 56.3 Å². The first-order chi connectivity index (χ1) is 13.1. The number of benzene rings is 2. The summed E-state index contributed by atoms with van der Waals surface area (Å²) in [6.07, 6.45) is 2.41. The van der Waals surface area contributed by atoms with Crippen molar-refractivity contribution in [1.29, 1.82) is 0 Å². The number of alkyl halides is 1. The molecule has 0 radical (unpaired) electrons. The highest BCUT2D eigenvalue weighted by Crippen LogP contribution is 2.32. The van der Waals surface area contributed by atoms with E-state index < -0.39 is 5.82 Å². The molecule has 1 fully saturated rings. The van der Waals surface area contributed by atoms with Crippen LogP contribution in [0.15, 0.2) is 36.7 Å². The monoisotopic (exact) mass is 451 g/mol. The number of nitrogens with zero attached hydrogens (tertiary/aromatic N) is 2. The number of nitrogens with one attached hydrogen (secondary N) is 1. The van der Waals surface area contributed by atoms with Gasteiger partial charge in [-0.05, 0) is 24.3 Å². The molecular weight excluding hydrogens is 437 g/mol. The minimum Gasteiger partial charge on any atom is -0.488 e. The molecule has 1 N–H and O–H groups in total. The highest BCUT2D eigenvalue weighted by atomic mass is 79.9. The van der Waals surface area contributed by atoms with Crippen molar-refractivity contribution in [3.63, 3.8) is 0 Å². The van der Waals surface area contributed by atoms with E-state index in [4.69, 9.17) is 21.1 Å². The van der Waals surface area contributed by atoms with Gasteiger partial charge in [-0.1, -0.05) is 27.5 Å². The van der Waals surface area contributed by atoms with Gasteiger partial charge in [-0.25, -0.2) is 14.4 Å². The van der Waals surface area contributed by atoms with Crippen LogP contribution >= 0.6 is 27.5 Å². The Bertz CT molecular complexity index is 983. The molecule has 2 heterocycles. The Hall–Kier alpha value is -1.96. The number of fused-ring (bicyclic) bond motifs is 1. The molecule has 5 nitrogen and oxygen atoms in total. The summed E-state index contributed by atoms with van der Waals surface area (Å²) in [5, 5.41) is 4.69. The first kappa shape index (κ1) is 18.4. The van der Waals surface area contributed by atoms with E-state index in [0.717, 1.165) is 35.2 Å². The van der Waals surface area contributed by atoms with Gasteiger partial charge in [0.25, 0.3) is 0 Å². The zero-order valence-electron chi connectivity index (χ0n) is 14.2. The fourth-order valence-electron chi connectivity index (χ4n) is 2.94. The van der Waals surface area contributed by atoms with Gasteiger partial charge in [0, 0.05) is 34.5 Å². The smallest absolute Gasteiger partial charge is 0.141 e. The lowest BCUT2D eigenvalue weighted by atomic mass is 10.1. The number of aromatic nitrogens is 2. The van der Waals surface area contributed by atoms with Crippen LogP contribution in [0, 0.1) is 5.82 Å². The third-order valence-electron chi connectivity index (χ3n) is 4.33. The maximum Gasteiger partial charge on any atom is 0.141 e. The van der Waals surface area contributed by atoms with Crippen LogP contribution in [-0.2, 0) is 10.1 Å². The SMILES string of the molecule is Fc1ccc(Nc2ncnc3cc(OC4CCOC4)c(CBr)cc23)cc1Cl. The molecular formula is C19H16BrClFN3O2. The number of anilines is 2. The summed E-state index contributed by atoms with van der Waals surface area (Å²) in [7, 11) is 0. The Balaban J connectivity index is 1.70. The Morgan fingerprint density at radius 3 is 2.93 bits per heavy atom. The molecule has 27 heavy (non-hydrogen) atoms. The van der Waals surface area contributed by atoms with Gasteiger partial charge in [0.2, 0.25) is 0 Å². The first-order valence-electron chi connectivity index (χ1n) is 8.44. The van der Waals surface area contributed by atoms with Crippen molar-refractivity contribution in [3.8, 4) is 5.75 Å². The zero-order chi connectivity index (χ0) is 18.8. The Morgan fingerprint density at radius 1 is 1.30 bits per heavy atom. The number of rotatable bonds is 5. The molecule has 0 bridgehead atoms. The number of ether oxygens (including phenoxy) is 2. The molecule has 4 rings (SSSR count). The van der Waals surface area contributed by atoms with E-state index >= 15 is 0 Å². The van der Waals surface area contributed by atoms with Crippen molar-refractivity contribution in [3.05, 3.63) is 53.1 Å². The lowest BCUT2D eigenvalue weighted by Gasteiger charge is -2.16. The maximum absolute atomic E-state index is 13.4. The van der Waals surface area contributed by atoms with Crippen LogP contribution in [0.3, 0.4) is 0 Å². The fraction of sp³-hybridized carbons (Fsp3) is 0.263. The van der Waals surface area contributed by atoms with E-state index in [9.17, 15) is 4.39 Å². The van der Waals surface area contributed by atoms with Gasteiger partial charge < -0.3 is 14.8 Å². The molecule has 0 spiro atoms. The second kappa shape index (κ2) is 7.96. The molecule has 3 aromatic rings. The van der Waals surface area contributed by atoms with Gasteiger partial charge in [0.1, 0.15) is 29.8 Å². The molecule has 1 aliphatic heterocycles. The van der Waals surface area contributed by atoms with Gasteiger partial charge in [-0.2, -0.15) is 0 Å². The highest BCUT2D eigenvalue weighted by molar-refractivity contribution is 9.08. The van der Waals surface area contributed by atoms with Gasteiger partial charge in [0.15, 0.2) is 0 Å². The number of hydrogen-bond acceptors (Lipinski definition) is 5. The van der Waals surface area contributed by atoms with Crippen LogP contribution in [0.1, 0.15) is 12.0 Å². The van der Waals surface area contributed by atoms with E-state index in [2.05, 4.69) is 31.2 Å². The fourth-order valence-corrected chi connectivity index (χ4v) is 3.56. The van der Waals surface area contributed by atoms with Crippen molar-refractivity contribution in [2.24, 2.45) is 0 Å². The minimum absolute atomic E-state index is 0.0500. The molecule has 140 valence electrons. The summed E-state index contributed by atoms with van der Waals surface area (Å²) >= 11 is 9.39. The molecule has 1 aliphatic rings. The summed E-state index contributed by atoms with van der Waals surface area (Å²) in [4.78, 5) is 8.69. The number of hydrogen-bond donors (Lipinski definition) is 1. The predicted molar refractivity (Wildman–Crippen MR) is 107 cm³/mol. The zero-order valence-corrected chi connectivity index (χ0v) is 16.6. The standard InChI is InChI=1S/C19H16BrClFN3O2/c20-8-11-5-14-17(7-18(11)27-13-3-4-26-9-13)23-10-24-19(14)25-12-1-2-16(22)15(21)6-12/h1-2,5-7,10,13H,3-4,8-9H2,(H,23,24,25). The average Bonchev–Trinajstić information content (AvgIpc) is 3.17. The molecule has 1 unspecified atom stereocenters. The average molecular weight is 453 g/mol. The van der Waals surface area contributed by atoms with Gasteiger partial charge in [-0.3, -0.25) is 0 Å². The van der Waals surface area contributed by atoms with Crippen LogP contribution < -0.4 is 10.1 Å². The van der Waals surface area contributed by atoms with Crippen molar-refractivity contribution in [2.45, 2.75) is 17.9 Å². The summed E-state index contributed by atoms with van der Waals surface area (Å²) in [6.45, 7) is 1.32. The van der Waals surface area contributed by atoms with Gasteiger partial charge in [-0.15, -0.1) is 0 Å². The van der Waals surface area contributed by atoms with E-state index in [1.807, 2.05) is 12.1 Å². The van der Waals surface area contributed by atoms with E-state index in [1.165, 1.54) is 18.5 Å². The minimum atomic E-state index is -0.464. The molecule has 0 amide bonds. The largest absolute Gasteiger partial charge is 0.488 e. The van der Waals surface area contributed by atoms with E-state index in [0.29, 0.717) is 23.4 Å². The van der Waals surface area contributed by atoms with Crippen molar-refractivity contribution in [1.82, 2.24) is 9.97 Å². The van der Waals surface area contributed by atoms with Crippen LogP contribution in [-0.4, -0.2) is 29.3 Å². The normalized spacial score (nSPS) is 16.6. The van der Waals surface area contributed by atoms with Crippen LogP contribution in [0.25, 0.3) is 10.9 Å². The molecule has 1 atom stereocenters. The second-order valence-corrected chi connectivity index (χ2v) is 7.16. The lowest BCUT2D eigenvalue weighted by molar-refractivity contribution is 0.141. The third kappa shape index (κ3) is 4.00. The summed E-state index contributed by atoms with van der Waals surface area (Å²) in [6, 6.07) is 8.34. The van der Waals surface area contributed by atoms with Crippen molar-refractivity contribution in [2.75, 3.05) is 18.5 Å². The summed E-state index contributed by atoms with van der Waals surface area (Å²) in [5.41, 5.74) is 2.38. The van der Waals surface area contributed by atoms with E-state index in [1.54, 1.807) is 6.07 Å². The summed E-state index contributed by atoms with van der Waals surface area (Å²) in [5.74, 6) is 0.930. The lowest BCUT2D eigenvalue weighted by Crippen LogP contribution is -2.16. The van der Waals surface area contributed by atoms with Crippen molar-refractivity contribution < 1.29 is 13.9 Å². The van der Waals surface area contributed by atoms with E-state index in [-0.39, 0.29) is 11.1 Å². The van der Waals surface area contributed by atoms with Crippen LogP contribution in [0.4, 0.5) is 15.9 Å². The van der Waals surface area contributed by atoms with Gasteiger partial charge in [0.05, 0.1) is 23.8 Å². The Morgan fingerprint density at radius 2 is 2.19 bits per heavy atom. The third-order valence-corrected chi connectivity index (χ3v) is 5.22. The number of halogens is 3. The second-order valence-electron chi connectivity index (χ2n) is 6.19. The quantitative estimate of drug-likeness (QED) is 0.537. The maximum atomic E-state index is 13.4. The molecule has 0 saturated carbocycles. The van der Waals surface area contributed by atoms with Crippen molar-refractivity contribution >= 4 is 49.9 Å².